The second-order valence-electron chi connectivity index (χ2n) is 13.7. The van der Waals surface area contributed by atoms with Crippen LogP contribution >= 0.6 is 0 Å². The highest BCUT2D eigenvalue weighted by molar-refractivity contribution is 6.06. The van der Waals surface area contributed by atoms with Crippen molar-refractivity contribution in [3.05, 3.63) is 49.9 Å². The van der Waals surface area contributed by atoms with E-state index in [1.807, 2.05) is 13.0 Å². The molecule has 8 unspecified atom stereocenters. The van der Waals surface area contributed by atoms with Crippen LogP contribution in [0, 0.1) is 0 Å². The molecular weight excluding hydrogens is 630 g/mol. The zero-order valence-electron chi connectivity index (χ0n) is 26.2. The van der Waals surface area contributed by atoms with E-state index in [1.54, 1.807) is 11.8 Å². The fourth-order valence-electron chi connectivity index (χ4n) is 8.51. The molecule has 8 atom stereocenters. The molecule has 4 aliphatic heterocycles. The summed E-state index contributed by atoms with van der Waals surface area (Å²) in [7, 11) is 0. The van der Waals surface area contributed by atoms with Gasteiger partial charge in [-0.2, -0.15) is 0 Å². The van der Waals surface area contributed by atoms with Crippen LogP contribution in [0.5, 0.6) is 17.2 Å². The van der Waals surface area contributed by atoms with Crippen LogP contribution in [-0.4, -0.2) is 86.6 Å². The quantitative estimate of drug-likeness (QED) is 0.268. The zero-order valence-corrected chi connectivity index (χ0v) is 26.2. The maximum atomic E-state index is 14.2. The maximum absolute atomic E-state index is 14.2. The van der Waals surface area contributed by atoms with Gasteiger partial charge in [0.15, 0.2) is 24.4 Å². The minimum Gasteiger partial charge on any atom is -0.506 e. The highest BCUT2D eigenvalue weighted by Gasteiger charge is 2.49. The Morgan fingerprint density at radius 3 is 2.62 bits per heavy atom. The Hall–Kier alpha value is -3.76. The van der Waals surface area contributed by atoms with Gasteiger partial charge >= 0.3 is 0 Å². The predicted octanol–water partition coefficient (Wildman–Crippen LogP) is 2.32. The van der Waals surface area contributed by atoms with Crippen LogP contribution in [0.1, 0.15) is 89.8 Å². The minimum atomic E-state index is -1.48. The lowest BCUT2D eigenvalue weighted by Gasteiger charge is -2.40. The van der Waals surface area contributed by atoms with E-state index in [1.165, 1.54) is 0 Å². The monoisotopic (exact) mass is 665 g/mol. The molecule has 0 saturated carbocycles. The largest absolute Gasteiger partial charge is 0.506 e. The topological polar surface area (TPSA) is 198 Å². The molecule has 6 aliphatic rings. The number of carbonyl (C=O) groups excluding carboxylic acids is 1. The van der Waals surface area contributed by atoms with Crippen LogP contribution in [0.4, 0.5) is 0 Å². The normalized spacial score (nSPS) is 33.4. The number of phenolic OH excluding ortho intramolecular Hbond substituents is 2. The number of fused-ring (bicyclic) bond motifs is 7. The molecule has 14 heteroatoms. The van der Waals surface area contributed by atoms with Crippen LogP contribution in [0.3, 0.4) is 0 Å². The van der Waals surface area contributed by atoms with Gasteiger partial charge in [-0.05, 0) is 31.4 Å². The Kier molecular flexibility index (Phi) is 6.55. The van der Waals surface area contributed by atoms with Gasteiger partial charge in [-0.25, -0.2) is 0 Å². The van der Waals surface area contributed by atoms with Crippen LogP contribution in [0.2, 0.25) is 0 Å². The minimum absolute atomic E-state index is 0.0765. The smallest absolute Gasteiger partial charge is 0.260 e. The van der Waals surface area contributed by atoms with Crippen molar-refractivity contribution < 1.29 is 58.4 Å². The molecule has 5 heterocycles. The van der Waals surface area contributed by atoms with Gasteiger partial charge < -0.3 is 58.5 Å². The standard InChI is InChI=1S/C34H35NO13/c1-12-15(36)3-4-19(46-12)47-18-9-16(37)22-28(40)25-29(41)24-20-13(7-14-10-34(2)35(5-6-45-34)33(42)21(14)27(20)39)8-17-23(24)31(44-11-43-17)32(25)48-30(22)26(18)38/h7,12,15-19,26,36-39,41H,3-6,8-11H2,1-2H3. The lowest BCUT2D eigenvalue weighted by atomic mass is 9.77. The van der Waals surface area contributed by atoms with Crippen LogP contribution in [0.25, 0.3) is 22.1 Å². The summed E-state index contributed by atoms with van der Waals surface area (Å²) in [6.07, 6.45) is -5.18. The highest BCUT2D eigenvalue weighted by atomic mass is 16.7. The average Bonchev–Trinajstić information content (AvgIpc) is 3.44. The predicted molar refractivity (Wildman–Crippen MR) is 162 cm³/mol. The third-order valence-electron chi connectivity index (χ3n) is 10.9. The molecule has 0 radical (unpaired) electrons. The molecule has 48 heavy (non-hydrogen) atoms. The summed E-state index contributed by atoms with van der Waals surface area (Å²) in [5.74, 6) is -1.39. The van der Waals surface area contributed by atoms with E-state index < -0.39 is 65.7 Å². The molecule has 0 spiro atoms. The van der Waals surface area contributed by atoms with Gasteiger partial charge in [0.25, 0.3) is 5.91 Å². The number of rotatable bonds is 2. The summed E-state index contributed by atoms with van der Waals surface area (Å²) >= 11 is 0. The lowest BCUT2D eigenvalue weighted by Crippen LogP contribution is -2.51. The number of hydrogen-bond acceptors (Lipinski definition) is 13. The van der Waals surface area contributed by atoms with Crippen molar-refractivity contribution in [2.24, 2.45) is 0 Å². The van der Waals surface area contributed by atoms with Gasteiger partial charge in [0.05, 0.1) is 48.3 Å². The Bertz CT molecular complexity index is 1970. The van der Waals surface area contributed by atoms with E-state index in [-0.39, 0.29) is 70.1 Å². The number of aliphatic hydroxyl groups is 3. The van der Waals surface area contributed by atoms with Gasteiger partial charge in [0.1, 0.15) is 34.5 Å². The number of nitrogens with zero attached hydrogens (tertiary/aromatic N) is 1. The number of aliphatic hydroxyl groups excluding tert-OH is 3. The van der Waals surface area contributed by atoms with E-state index >= 15 is 0 Å². The van der Waals surface area contributed by atoms with E-state index in [4.69, 9.17) is 28.1 Å². The Balaban J connectivity index is 1.20. The Morgan fingerprint density at radius 1 is 1.02 bits per heavy atom. The van der Waals surface area contributed by atoms with Crippen LogP contribution in [-0.2, 0) is 31.8 Å². The maximum Gasteiger partial charge on any atom is 0.260 e. The molecule has 0 bridgehead atoms. The van der Waals surface area contributed by atoms with Crippen molar-refractivity contribution in [3.8, 4) is 28.4 Å². The SMILES string of the molecule is CC1OC(OC2CC(O)c3c(oc4c5c6c(c(O)c4c3=O)-c3c(cc4c(c3O)C(=O)N3CCOC3(C)C4)CC6OCO5)C2O)CCC1O. The van der Waals surface area contributed by atoms with Gasteiger partial charge in [-0.15, -0.1) is 0 Å². The van der Waals surface area contributed by atoms with Crippen molar-refractivity contribution in [2.75, 3.05) is 19.9 Å². The average molecular weight is 666 g/mol. The summed E-state index contributed by atoms with van der Waals surface area (Å²) in [4.78, 5) is 29.5. The van der Waals surface area contributed by atoms with Crippen molar-refractivity contribution in [1.29, 1.82) is 0 Å². The van der Waals surface area contributed by atoms with E-state index in [9.17, 15) is 35.1 Å². The molecule has 2 aromatic carbocycles. The Morgan fingerprint density at radius 2 is 1.83 bits per heavy atom. The molecule has 3 aromatic rings. The van der Waals surface area contributed by atoms with Crippen LogP contribution < -0.4 is 10.2 Å². The number of phenols is 2. The van der Waals surface area contributed by atoms with Crippen molar-refractivity contribution in [3.63, 3.8) is 0 Å². The van der Waals surface area contributed by atoms with E-state index in [2.05, 4.69) is 0 Å². The van der Waals surface area contributed by atoms with Gasteiger partial charge in [-0.3, -0.25) is 9.59 Å². The molecule has 9 rings (SSSR count). The van der Waals surface area contributed by atoms with Gasteiger partial charge in [0, 0.05) is 48.9 Å². The third kappa shape index (κ3) is 4.05. The summed E-state index contributed by atoms with van der Waals surface area (Å²) in [5.41, 5.74) is -0.0844. The summed E-state index contributed by atoms with van der Waals surface area (Å²) in [6, 6.07) is 1.82. The van der Waals surface area contributed by atoms with Gasteiger partial charge in [0.2, 0.25) is 5.43 Å². The summed E-state index contributed by atoms with van der Waals surface area (Å²) in [6.45, 7) is 4.09. The molecule has 2 fully saturated rings. The highest BCUT2D eigenvalue weighted by Crippen LogP contribution is 2.58. The first-order chi connectivity index (χ1) is 23.0. The summed E-state index contributed by atoms with van der Waals surface area (Å²) < 4.78 is 35.7. The van der Waals surface area contributed by atoms with Crippen LogP contribution in [0.15, 0.2) is 15.3 Å². The molecule has 254 valence electrons. The van der Waals surface area contributed by atoms with Crippen molar-refractivity contribution >= 4 is 16.9 Å². The number of benzene rings is 2. The van der Waals surface area contributed by atoms with Crippen molar-refractivity contribution in [2.45, 2.75) is 94.6 Å². The Labute approximate surface area is 272 Å². The zero-order chi connectivity index (χ0) is 33.4. The molecule has 2 saturated heterocycles. The molecular formula is C34H35NO13. The second-order valence-corrected chi connectivity index (χ2v) is 13.7. The first-order valence-electron chi connectivity index (χ1n) is 16.3. The fourth-order valence-corrected chi connectivity index (χ4v) is 8.51. The number of hydrogen-bond donors (Lipinski definition) is 5. The molecule has 14 nitrogen and oxygen atoms in total. The number of ether oxygens (including phenoxy) is 5. The van der Waals surface area contributed by atoms with Crippen molar-refractivity contribution in [1.82, 2.24) is 4.90 Å². The molecule has 1 amide bonds. The number of amides is 1. The third-order valence-corrected chi connectivity index (χ3v) is 10.9. The fraction of sp³-hybridized carbons (Fsp3) is 0.529. The lowest BCUT2D eigenvalue weighted by molar-refractivity contribution is -0.253. The second kappa shape index (κ2) is 10.4. The molecule has 1 aromatic heterocycles. The van der Waals surface area contributed by atoms with Gasteiger partial charge in [-0.1, -0.05) is 6.07 Å². The summed E-state index contributed by atoms with van der Waals surface area (Å²) in [5, 5.41) is 56.1. The first kappa shape index (κ1) is 30.3. The number of aromatic hydroxyl groups is 2. The molecule has 5 N–H and O–H groups in total. The number of carbonyl (C=O) groups is 1. The van der Waals surface area contributed by atoms with E-state index in [0.29, 0.717) is 49.1 Å². The molecule has 2 aliphatic carbocycles. The van der Waals surface area contributed by atoms with E-state index in [0.717, 1.165) is 0 Å². The first-order valence-corrected chi connectivity index (χ1v) is 16.3.